The SMILES string of the molecule is COc1ccccc1[C@@H](C)NC(=O)CN(c1ccc(F)c(Cl)c1)S(C)(=O)=O. The molecule has 2 aromatic rings. The zero-order chi connectivity index (χ0) is 20.2. The number of amides is 1. The van der Waals surface area contributed by atoms with Crippen molar-refractivity contribution < 1.29 is 22.3 Å². The number of halogens is 2. The van der Waals surface area contributed by atoms with Crippen LogP contribution in [0.1, 0.15) is 18.5 Å². The average Bonchev–Trinajstić information content (AvgIpc) is 2.61. The minimum Gasteiger partial charge on any atom is -0.496 e. The topological polar surface area (TPSA) is 75.7 Å². The van der Waals surface area contributed by atoms with Gasteiger partial charge in [-0.15, -0.1) is 0 Å². The van der Waals surface area contributed by atoms with E-state index in [0.717, 1.165) is 28.3 Å². The van der Waals surface area contributed by atoms with Crippen LogP contribution in [0.15, 0.2) is 42.5 Å². The quantitative estimate of drug-likeness (QED) is 0.755. The second kappa shape index (κ2) is 8.58. The van der Waals surface area contributed by atoms with Crippen LogP contribution in [-0.2, 0) is 14.8 Å². The van der Waals surface area contributed by atoms with E-state index in [2.05, 4.69) is 5.32 Å². The fraction of sp³-hybridized carbons (Fsp3) is 0.278. The lowest BCUT2D eigenvalue weighted by Gasteiger charge is -2.24. The highest BCUT2D eigenvalue weighted by atomic mass is 35.5. The van der Waals surface area contributed by atoms with E-state index in [9.17, 15) is 17.6 Å². The molecule has 2 aromatic carbocycles. The number of anilines is 1. The summed E-state index contributed by atoms with van der Waals surface area (Å²) in [6.07, 6.45) is 0.960. The number of carbonyl (C=O) groups excluding carboxylic acids is 1. The Morgan fingerprint density at radius 2 is 1.96 bits per heavy atom. The summed E-state index contributed by atoms with van der Waals surface area (Å²) >= 11 is 5.73. The van der Waals surface area contributed by atoms with Crippen LogP contribution in [0.25, 0.3) is 0 Å². The van der Waals surface area contributed by atoms with Crippen molar-refractivity contribution in [1.82, 2.24) is 5.32 Å². The van der Waals surface area contributed by atoms with Crippen LogP contribution in [-0.4, -0.2) is 34.2 Å². The molecule has 0 bridgehead atoms. The van der Waals surface area contributed by atoms with Crippen molar-refractivity contribution in [3.05, 3.63) is 58.9 Å². The van der Waals surface area contributed by atoms with Crippen molar-refractivity contribution in [2.75, 3.05) is 24.2 Å². The van der Waals surface area contributed by atoms with Crippen LogP contribution in [0.2, 0.25) is 5.02 Å². The van der Waals surface area contributed by atoms with Crippen molar-refractivity contribution in [2.45, 2.75) is 13.0 Å². The van der Waals surface area contributed by atoms with E-state index in [0.29, 0.717) is 5.75 Å². The van der Waals surface area contributed by atoms with E-state index in [-0.39, 0.29) is 10.7 Å². The Morgan fingerprint density at radius 3 is 2.56 bits per heavy atom. The summed E-state index contributed by atoms with van der Waals surface area (Å²) in [5.41, 5.74) is 0.855. The van der Waals surface area contributed by atoms with E-state index >= 15 is 0 Å². The molecule has 0 aliphatic heterocycles. The largest absolute Gasteiger partial charge is 0.496 e. The van der Waals surface area contributed by atoms with Gasteiger partial charge in [0.05, 0.1) is 30.1 Å². The molecule has 0 saturated carbocycles. The number of nitrogens with one attached hydrogen (secondary N) is 1. The number of nitrogens with zero attached hydrogens (tertiary/aromatic N) is 1. The number of methoxy groups -OCH3 is 1. The first-order valence-corrected chi connectivity index (χ1v) is 10.2. The van der Waals surface area contributed by atoms with Gasteiger partial charge in [-0.2, -0.15) is 0 Å². The molecular formula is C18H20ClFN2O4S. The lowest BCUT2D eigenvalue weighted by molar-refractivity contribution is -0.120. The number of para-hydroxylation sites is 1. The van der Waals surface area contributed by atoms with Gasteiger partial charge in [0.15, 0.2) is 0 Å². The molecule has 0 fully saturated rings. The maximum Gasteiger partial charge on any atom is 0.241 e. The van der Waals surface area contributed by atoms with Gasteiger partial charge >= 0.3 is 0 Å². The molecule has 1 atom stereocenters. The first-order chi connectivity index (χ1) is 12.6. The first-order valence-electron chi connectivity index (χ1n) is 7.98. The van der Waals surface area contributed by atoms with Gasteiger partial charge in [-0.3, -0.25) is 9.10 Å². The van der Waals surface area contributed by atoms with Gasteiger partial charge in [0.1, 0.15) is 18.1 Å². The van der Waals surface area contributed by atoms with Crippen molar-refractivity contribution in [3.63, 3.8) is 0 Å². The maximum absolute atomic E-state index is 13.4. The van der Waals surface area contributed by atoms with E-state index in [1.165, 1.54) is 13.2 Å². The number of hydrogen-bond acceptors (Lipinski definition) is 4. The monoisotopic (exact) mass is 414 g/mol. The molecular weight excluding hydrogens is 395 g/mol. The number of carbonyl (C=O) groups is 1. The highest BCUT2D eigenvalue weighted by Crippen LogP contribution is 2.26. The Kier molecular flexibility index (Phi) is 6.67. The summed E-state index contributed by atoms with van der Waals surface area (Å²) in [6.45, 7) is 1.29. The fourth-order valence-corrected chi connectivity index (χ4v) is 3.58. The lowest BCUT2D eigenvalue weighted by Crippen LogP contribution is -2.41. The van der Waals surface area contributed by atoms with Crippen LogP contribution < -0.4 is 14.4 Å². The second-order valence-corrected chi connectivity index (χ2v) is 8.21. The Balaban J connectivity index is 2.20. The molecule has 0 aromatic heterocycles. The molecule has 9 heteroatoms. The number of ether oxygens (including phenoxy) is 1. The van der Waals surface area contributed by atoms with Gasteiger partial charge in [0, 0.05) is 5.56 Å². The Hall–Kier alpha value is -2.32. The average molecular weight is 415 g/mol. The first kappa shape index (κ1) is 21.0. The molecule has 0 unspecified atom stereocenters. The van der Waals surface area contributed by atoms with Gasteiger partial charge in [0.2, 0.25) is 15.9 Å². The third kappa shape index (κ3) is 5.33. The molecule has 0 saturated heterocycles. The fourth-order valence-electron chi connectivity index (χ4n) is 2.56. The van der Waals surface area contributed by atoms with Gasteiger partial charge in [-0.25, -0.2) is 12.8 Å². The third-order valence-corrected chi connectivity index (χ3v) is 5.29. The molecule has 0 spiro atoms. The molecule has 0 heterocycles. The molecule has 6 nitrogen and oxygen atoms in total. The molecule has 27 heavy (non-hydrogen) atoms. The zero-order valence-corrected chi connectivity index (χ0v) is 16.6. The molecule has 0 aliphatic carbocycles. The zero-order valence-electron chi connectivity index (χ0n) is 15.1. The third-order valence-electron chi connectivity index (χ3n) is 3.86. The molecule has 146 valence electrons. The summed E-state index contributed by atoms with van der Waals surface area (Å²) in [4.78, 5) is 12.4. The minimum absolute atomic E-state index is 0.101. The number of hydrogen-bond donors (Lipinski definition) is 1. The van der Waals surface area contributed by atoms with E-state index in [1.807, 2.05) is 6.07 Å². The summed E-state index contributed by atoms with van der Waals surface area (Å²) in [5.74, 6) is -0.599. The predicted molar refractivity (Wildman–Crippen MR) is 103 cm³/mol. The number of rotatable bonds is 7. The van der Waals surface area contributed by atoms with Crippen molar-refractivity contribution in [3.8, 4) is 5.75 Å². The summed E-state index contributed by atoms with van der Waals surface area (Å²) in [7, 11) is -2.26. The van der Waals surface area contributed by atoms with Gasteiger partial charge in [-0.1, -0.05) is 29.8 Å². The second-order valence-electron chi connectivity index (χ2n) is 5.90. The minimum atomic E-state index is -3.79. The normalized spacial score (nSPS) is 12.3. The van der Waals surface area contributed by atoms with Gasteiger partial charge < -0.3 is 10.1 Å². The molecule has 1 N–H and O–H groups in total. The van der Waals surface area contributed by atoms with Crippen LogP contribution >= 0.6 is 11.6 Å². The Morgan fingerprint density at radius 1 is 1.30 bits per heavy atom. The van der Waals surface area contributed by atoms with Gasteiger partial charge in [-0.05, 0) is 31.2 Å². The summed E-state index contributed by atoms with van der Waals surface area (Å²) in [5, 5.41) is 2.50. The van der Waals surface area contributed by atoms with Crippen LogP contribution in [0, 0.1) is 5.82 Å². The van der Waals surface area contributed by atoms with Crippen molar-refractivity contribution in [1.29, 1.82) is 0 Å². The van der Waals surface area contributed by atoms with Crippen LogP contribution in [0.4, 0.5) is 10.1 Å². The van der Waals surface area contributed by atoms with Gasteiger partial charge in [0.25, 0.3) is 0 Å². The smallest absolute Gasteiger partial charge is 0.241 e. The highest BCUT2D eigenvalue weighted by Gasteiger charge is 2.23. The van der Waals surface area contributed by atoms with E-state index in [4.69, 9.17) is 16.3 Å². The molecule has 0 radical (unpaired) electrons. The molecule has 2 rings (SSSR count). The van der Waals surface area contributed by atoms with Crippen LogP contribution in [0.5, 0.6) is 5.75 Å². The van der Waals surface area contributed by atoms with Crippen molar-refractivity contribution >= 4 is 33.2 Å². The maximum atomic E-state index is 13.4. The predicted octanol–water partition coefficient (Wildman–Crippen LogP) is 3.13. The summed E-state index contributed by atoms with van der Waals surface area (Å²) in [6, 6.07) is 10.2. The summed E-state index contributed by atoms with van der Waals surface area (Å²) < 4.78 is 43.7. The Bertz CT molecular complexity index is 937. The highest BCUT2D eigenvalue weighted by molar-refractivity contribution is 7.92. The van der Waals surface area contributed by atoms with Crippen molar-refractivity contribution in [2.24, 2.45) is 0 Å². The van der Waals surface area contributed by atoms with Crippen LogP contribution in [0.3, 0.4) is 0 Å². The van der Waals surface area contributed by atoms with E-state index in [1.54, 1.807) is 25.1 Å². The standard InChI is InChI=1S/C18H20ClFN2O4S/c1-12(14-6-4-5-7-17(14)26-2)21-18(23)11-22(27(3,24)25)13-8-9-16(20)15(19)10-13/h4-10,12H,11H2,1-3H3,(H,21,23)/t12-/m1/s1. The Labute approximate surface area is 162 Å². The molecule has 1 amide bonds. The number of sulfonamides is 1. The lowest BCUT2D eigenvalue weighted by atomic mass is 10.1. The number of benzene rings is 2. The van der Waals surface area contributed by atoms with E-state index < -0.39 is 34.3 Å². The molecule has 0 aliphatic rings.